The van der Waals surface area contributed by atoms with Crippen molar-refractivity contribution in [2.45, 2.75) is 12.5 Å². The van der Waals surface area contributed by atoms with E-state index < -0.39 is 11.9 Å². The van der Waals surface area contributed by atoms with Crippen molar-refractivity contribution in [3.05, 3.63) is 47.5 Å². The van der Waals surface area contributed by atoms with Gasteiger partial charge in [-0.2, -0.15) is 5.10 Å². The maximum absolute atomic E-state index is 13.7. The summed E-state index contributed by atoms with van der Waals surface area (Å²) in [6.07, 6.45) is 1.05. The van der Waals surface area contributed by atoms with Gasteiger partial charge in [-0.3, -0.25) is 4.68 Å². The lowest BCUT2D eigenvalue weighted by Gasteiger charge is -2.14. The van der Waals surface area contributed by atoms with E-state index in [1.54, 1.807) is 36.1 Å². The second-order valence-corrected chi connectivity index (χ2v) is 4.06. The fourth-order valence-corrected chi connectivity index (χ4v) is 1.89. The van der Waals surface area contributed by atoms with Crippen LogP contribution in [0.3, 0.4) is 0 Å². The van der Waals surface area contributed by atoms with Gasteiger partial charge in [-0.05, 0) is 18.2 Å². The van der Waals surface area contributed by atoms with Crippen LogP contribution in [0.15, 0.2) is 30.5 Å². The second kappa shape index (κ2) is 5.18. The van der Waals surface area contributed by atoms with Gasteiger partial charge in [0.15, 0.2) is 0 Å². The molecule has 0 bridgehead atoms. The van der Waals surface area contributed by atoms with Crippen LogP contribution in [0.4, 0.5) is 4.39 Å². The fraction of sp³-hybridized carbons (Fsp3) is 0.308. The lowest BCUT2D eigenvalue weighted by molar-refractivity contribution is 0.167. The highest BCUT2D eigenvalue weighted by atomic mass is 19.1. The van der Waals surface area contributed by atoms with Crippen LogP contribution >= 0.6 is 0 Å². The summed E-state index contributed by atoms with van der Waals surface area (Å²) in [6, 6.07) is 6.27. The van der Waals surface area contributed by atoms with Crippen molar-refractivity contribution in [1.29, 1.82) is 0 Å². The third-order valence-corrected chi connectivity index (χ3v) is 2.74. The first-order valence-corrected chi connectivity index (χ1v) is 5.61. The van der Waals surface area contributed by atoms with Gasteiger partial charge in [-0.25, -0.2) is 4.39 Å². The molecule has 0 saturated carbocycles. The number of aliphatic hydroxyl groups excluding tert-OH is 1. The standard InChI is InChI=1S/C13H15FN2O2/c1-16-7-6-9(15-16)8-11(17)13-10(14)4-3-5-12(13)18-2/h3-7,11,17H,8H2,1-2H3. The van der Waals surface area contributed by atoms with Gasteiger partial charge in [0.25, 0.3) is 0 Å². The van der Waals surface area contributed by atoms with Gasteiger partial charge >= 0.3 is 0 Å². The molecule has 0 spiro atoms. The number of aromatic nitrogens is 2. The lowest BCUT2D eigenvalue weighted by Crippen LogP contribution is -2.07. The molecule has 0 amide bonds. The monoisotopic (exact) mass is 250 g/mol. The van der Waals surface area contributed by atoms with Crippen LogP contribution < -0.4 is 4.74 Å². The van der Waals surface area contributed by atoms with Gasteiger partial charge in [-0.15, -0.1) is 0 Å². The van der Waals surface area contributed by atoms with Gasteiger partial charge in [0, 0.05) is 19.7 Å². The number of nitrogens with zero attached hydrogens (tertiary/aromatic N) is 2. The molecule has 1 aromatic heterocycles. The SMILES string of the molecule is COc1cccc(F)c1C(O)Cc1ccn(C)n1. The Morgan fingerprint density at radius 3 is 2.83 bits per heavy atom. The maximum Gasteiger partial charge on any atom is 0.132 e. The van der Waals surface area contributed by atoms with E-state index in [0.717, 1.165) is 0 Å². The number of methoxy groups -OCH3 is 1. The molecule has 2 aromatic rings. The minimum absolute atomic E-state index is 0.172. The normalized spacial score (nSPS) is 12.4. The van der Waals surface area contributed by atoms with Crippen molar-refractivity contribution in [2.75, 3.05) is 7.11 Å². The number of ether oxygens (including phenoxy) is 1. The van der Waals surface area contributed by atoms with Crippen LogP contribution in [-0.2, 0) is 13.5 Å². The van der Waals surface area contributed by atoms with Crippen LogP contribution in [0.5, 0.6) is 5.75 Å². The van der Waals surface area contributed by atoms with Crippen molar-refractivity contribution < 1.29 is 14.2 Å². The van der Waals surface area contributed by atoms with E-state index in [1.165, 1.54) is 13.2 Å². The quantitative estimate of drug-likeness (QED) is 0.900. The average Bonchev–Trinajstić information content (AvgIpc) is 2.74. The predicted octanol–water partition coefficient (Wildman–Crippen LogP) is 1.84. The second-order valence-electron chi connectivity index (χ2n) is 4.06. The largest absolute Gasteiger partial charge is 0.496 e. The van der Waals surface area contributed by atoms with Crippen molar-refractivity contribution in [3.63, 3.8) is 0 Å². The lowest BCUT2D eigenvalue weighted by atomic mass is 10.0. The third kappa shape index (κ3) is 2.51. The van der Waals surface area contributed by atoms with Crippen LogP contribution in [0.1, 0.15) is 17.4 Å². The molecule has 1 aromatic carbocycles. The predicted molar refractivity (Wildman–Crippen MR) is 64.8 cm³/mol. The zero-order chi connectivity index (χ0) is 13.1. The molecular formula is C13H15FN2O2. The molecule has 0 saturated heterocycles. The van der Waals surface area contributed by atoms with Crippen LogP contribution in [0, 0.1) is 5.82 Å². The zero-order valence-electron chi connectivity index (χ0n) is 10.3. The molecule has 0 fully saturated rings. The van der Waals surface area contributed by atoms with Gasteiger partial charge in [-0.1, -0.05) is 6.07 Å². The molecule has 2 rings (SSSR count). The summed E-state index contributed by atoms with van der Waals surface area (Å²) in [5.74, 6) is -0.129. The van der Waals surface area contributed by atoms with Crippen LogP contribution in [0.2, 0.25) is 0 Å². The summed E-state index contributed by atoms with van der Waals surface area (Å²) in [5.41, 5.74) is 0.876. The Morgan fingerprint density at radius 1 is 1.44 bits per heavy atom. The summed E-state index contributed by atoms with van der Waals surface area (Å²) < 4.78 is 20.4. The topological polar surface area (TPSA) is 47.3 Å². The molecule has 1 N–H and O–H groups in total. The van der Waals surface area contributed by atoms with E-state index in [-0.39, 0.29) is 12.0 Å². The van der Waals surface area contributed by atoms with E-state index in [9.17, 15) is 9.50 Å². The molecule has 5 heteroatoms. The first kappa shape index (κ1) is 12.6. The highest BCUT2D eigenvalue weighted by Crippen LogP contribution is 2.29. The molecule has 4 nitrogen and oxygen atoms in total. The number of benzene rings is 1. The Bertz CT molecular complexity index is 540. The zero-order valence-corrected chi connectivity index (χ0v) is 10.3. The number of rotatable bonds is 4. The number of halogens is 1. The van der Waals surface area contributed by atoms with E-state index in [0.29, 0.717) is 11.4 Å². The Balaban J connectivity index is 2.25. The summed E-state index contributed by atoms with van der Waals surface area (Å²) in [6.45, 7) is 0. The van der Waals surface area contributed by atoms with Gasteiger partial charge < -0.3 is 9.84 Å². The first-order chi connectivity index (χ1) is 8.61. The van der Waals surface area contributed by atoms with Gasteiger partial charge in [0.05, 0.1) is 24.5 Å². The van der Waals surface area contributed by atoms with E-state index >= 15 is 0 Å². The van der Waals surface area contributed by atoms with Crippen molar-refractivity contribution >= 4 is 0 Å². The number of hydrogen-bond acceptors (Lipinski definition) is 3. The first-order valence-electron chi connectivity index (χ1n) is 5.61. The molecule has 1 heterocycles. The van der Waals surface area contributed by atoms with Gasteiger partial charge in [0.2, 0.25) is 0 Å². The van der Waals surface area contributed by atoms with Crippen LogP contribution in [0.25, 0.3) is 0 Å². The molecule has 1 atom stereocenters. The van der Waals surface area contributed by atoms with Gasteiger partial charge in [0.1, 0.15) is 11.6 Å². The van der Waals surface area contributed by atoms with Crippen LogP contribution in [-0.4, -0.2) is 22.0 Å². The van der Waals surface area contributed by atoms with Crippen molar-refractivity contribution in [3.8, 4) is 5.75 Å². The highest BCUT2D eigenvalue weighted by Gasteiger charge is 2.19. The summed E-state index contributed by atoms with van der Waals surface area (Å²) in [5, 5.41) is 14.3. The Kier molecular flexibility index (Phi) is 3.62. The molecule has 96 valence electrons. The highest BCUT2D eigenvalue weighted by molar-refractivity contribution is 5.36. The maximum atomic E-state index is 13.7. The molecule has 1 unspecified atom stereocenters. The van der Waals surface area contributed by atoms with Crippen molar-refractivity contribution in [2.24, 2.45) is 7.05 Å². The fourth-order valence-electron chi connectivity index (χ4n) is 1.89. The molecule has 18 heavy (non-hydrogen) atoms. The number of aliphatic hydroxyl groups is 1. The number of hydrogen-bond donors (Lipinski definition) is 1. The summed E-state index contributed by atoms with van der Waals surface area (Å²) >= 11 is 0. The minimum Gasteiger partial charge on any atom is -0.496 e. The minimum atomic E-state index is -0.976. The van der Waals surface area contributed by atoms with E-state index in [2.05, 4.69) is 5.10 Å². The number of aryl methyl sites for hydroxylation is 1. The van der Waals surface area contributed by atoms with Crippen molar-refractivity contribution in [1.82, 2.24) is 9.78 Å². The van der Waals surface area contributed by atoms with E-state index in [4.69, 9.17) is 4.74 Å². The molecule has 0 aliphatic heterocycles. The third-order valence-electron chi connectivity index (χ3n) is 2.74. The average molecular weight is 250 g/mol. The summed E-state index contributed by atoms with van der Waals surface area (Å²) in [7, 11) is 3.24. The molecular weight excluding hydrogens is 235 g/mol. The summed E-state index contributed by atoms with van der Waals surface area (Å²) in [4.78, 5) is 0. The molecule has 0 aliphatic rings. The van der Waals surface area contributed by atoms with E-state index in [1.807, 2.05) is 0 Å². The Labute approximate surface area is 105 Å². The molecule has 0 aliphatic carbocycles. The Hall–Kier alpha value is -1.88. The smallest absolute Gasteiger partial charge is 0.132 e. The molecule has 0 radical (unpaired) electrons. The Morgan fingerprint density at radius 2 is 2.22 bits per heavy atom.